The first-order valence-corrected chi connectivity index (χ1v) is 8.69. The molecule has 0 aliphatic carbocycles. The lowest BCUT2D eigenvalue weighted by atomic mass is 9.87. The summed E-state index contributed by atoms with van der Waals surface area (Å²) in [6, 6.07) is 5.51. The van der Waals surface area contributed by atoms with Crippen LogP contribution in [0, 0.1) is 0 Å². The van der Waals surface area contributed by atoms with Crippen LogP contribution in [-0.2, 0) is 9.59 Å². The van der Waals surface area contributed by atoms with E-state index in [2.05, 4.69) is 15.5 Å². The van der Waals surface area contributed by atoms with Crippen molar-refractivity contribution in [3.05, 3.63) is 36.0 Å². The molecule has 1 fully saturated rings. The van der Waals surface area contributed by atoms with E-state index < -0.39 is 5.92 Å². The van der Waals surface area contributed by atoms with Gasteiger partial charge in [0.15, 0.2) is 5.82 Å². The fourth-order valence-electron chi connectivity index (χ4n) is 3.79. The molecule has 0 spiro atoms. The average molecular weight is 356 g/mol. The molecule has 0 saturated carbocycles. The molecule has 2 aliphatic heterocycles. The second-order valence-corrected chi connectivity index (χ2v) is 6.62. The third-order valence-electron chi connectivity index (χ3n) is 5.16. The average Bonchev–Trinajstić information content (AvgIpc) is 3.21. The molecule has 2 aromatic rings. The van der Waals surface area contributed by atoms with E-state index in [0.29, 0.717) is 30.4 Å². The summed E-state index contributed by atoms with van der Waals surface area (Å²) >= 11 is 0. The maximum absolute atomic E-state index is 13.1. The number of likely N-dealkylation sites (tertiary alicyclic amines) is 1. The number of rotatable bonds is 3. The number of hydrogen-bond acceptors (Lipinski definition) is 6. The second-order valence-electron chi connectivity index (χ2n) is 6.62. The summed E-state index contributed by atoms with van der Waals surface area (Å²) in [7, 11) is 1.55. The van der Waals surface area contributed by atoms with Gasteiger partial charge in [-0.1, -0.05) is 17.3 Å². The van der Waals surface area contributed by atoms with Gasteiger partial charge in [0.1, 0.15) is 5.75 Å². The van der Waals surface area contributed by atoms with Crippen molar-refractivity contribution < 1.29 is 18.8 Å². The molecule has 8 heteroatoms. The maximum Gasteiger partial charge on any atom is 0.230 e. The molecular formula is C18H20N4O4. The summed E-state index contributed by atoms with van der Waals surface area (Å²) < 4.78 is 10.1. The number of methoxy groups -OCH3 is 1. The number of para-hydroxylation sites is 1. The normalized spacial score (nSPS) is 20.4. The summed E-state index contributed by atoms with van der Waals surface area (Å²) in [5.41, 5.74) is 1.42. The Kier molecular flexibility index (Phi) is 4.32. The monoisotopic (exact) mass is 356 g/mol. The van der Waals surface area contributed by atoms with Gasteiger partial charge < -0.3 is 19.5 Å². The highest BCUT2D eigenvalue weighted by Gasteiger charge is 2.36. The van der Waals surface area contributed by atoms with Crippen LogP contribution in [0.1, 0.15) is 42.5 Å². The number of anilines is 1. The summed E-state index contributed by atoms with van der Waals surface area (Å²) in [5.74, 6) is 0.826. The number of benzene rings is 1. The third kappa shape index (κ3) is 2.91. The molecule has 1 aromatic heterocycles. The molecular weight excluding hydrogens is 336 g/mol. The van der Waals surface area contributed by atoms with Crippen LogP contribution in [-0.4, -0.2) is 47.1 Å². The van der Waals surface area contributed by atoms with Crippen LogP contribution < -0.4 is 10.1 Å². The van der Waals surface area contributed by atoms with Crippen molar-refractivity contribution in [2.45, 2.75) is 31.1 Å². The van der Waals surface area contributed by atoms with Gasteiger partial charge in [0.25, 0.3) is 0 Å². The largest absolute Gasteiger partial charge is 0.495 e. The fourth-order valence-corrected chi connectivity index (χ4v) is 3.79. The lowest BCUT2D eigenvalue weighted by Crippen LogP contribution is -2.42. The van der Waals surface area contributed by atoms with Gasteiger partial charge in [-0.15, -0.1) is 0 Å². The first-order chi connectivity index (χ1) is 12.7. The topological polar surface area (TPSA) is 97.6 Å². The van der Waals surface area contributed by atoms with Crippen LogP contribution in [0.4, 0.5) is 5.69 Å². The van der Waals surface area contributed by atoms with Gasteiger partial charge in [-0.25, -0.2) is 0 Å². The van der Waals surface area contributed by atoms with Gasteiger partial charge in [-0.2, -0.15) is 4.98 Å². The molecule has 4 rings (SSSR count). The van der Waals surface area contributed by atoms with Gasteiger partial charge in [-0.3, -0.25) is 9.59 Å². The van der Waals surface area contributed by atoms with E-state index in [1.165, 1.54) is 6.39 Å². The SMILES string of the molecule is COc1cccc2c1NC(=O)C[C@@H]2C(=O)N1CCC(c2ncon2)CC1. The van der Waals surface area contributed by atoms with Gasteiger partial charge in [-0.05, 0) is 24.5 Å². The summed E-state index contributed by atoms with van der Waals surface area (Å²) in [6.45, 7) is 1.24. The quantitative estimate of drug-likeness (QED) is 0.902. The zero-order valence-corrected chi connectivity index (χ0v) is 14.5. The van der Waals surface area contributed by atoms with Gasteiger partial charge in [0.05, 0.1) is 18.7 Å². The van der Waals surface area contributed by atoms with Gasteiger partial charge >= 0.3 is 0 Å². The zero-order chi connectivity index (χ0) is 18.1. The number of ether oxygens (including phenoxy) is 1. The molecule has 2 aliphatic rings. The number of fused-ring (bicyclic) bond motifs is 1. The maximum atomic E-state index is 13.1. The van der Waals surface area contributed by atoms with Crippen molar-refractivity contribution in [3.63, 3.8) is 0 Å². The minimum absolute atomic E-state index is 0.0130. The molecule has 1 aromatic carbocycles. The van der Waals surface area contributed by atoms with E-state index >= 15 is 0 Å². The molecule has 3 heterocycles. The van der Waals surface area contributed by atoms with Crippen molar-refractivity contribution in [2.75, 3.05) is 25.5 Å². The highest BCUT2D eigenvalue weighted by molar-refractivity contribution is 6.02. The van der Waals surface area contributed by atoms with E-state index in [-0.39, 0.29) is 24.2 Å². The number of hydrogen-bond donors (Lipinski definition) is 1. The number of nitrogens with zero attached hydrogens (tertiary/aromatic N) is 3. The van der Waals surface area contributed by atoms with Crippen molar-refractivity contribution in [2.24, 2.45) is 0 Å². The van der Waals surface area contributed by atoms with E-state index in [1.807, 2.05) is 17.0 Å². The Morgan fingerprint density at radius 3 is 2.85 bits per heavy atom. The van der Waals surface area contributed by atoms with Crippen molar-refractivity contribution >= 4 is 17.5 Å². The lowest BCUT2D eigenvalue weighted by Gasteiger charge is -2.35. The van der Waals surface area contributed by atoms with Crippen LogP contribution in [0.15, 0.2) is 29.1 Å². The minimum Gasteiger partial charge on any atom is -0.495 e. The van der Waals surface area contributed by atoms with Crippen molar-refractivity contribution in [3.8, 4) is 5.75 Å². The molecule has 0 unspecified atom stereocenters. The van der Waals surface area contributed by atoms with Crippen LogP contribution in [0.3, 0.4) is 0 Å². The molecule has 2 amide bonds. The Bertz CT molecular complexity index is 813. The first-order valence-electron chi connectivity index (χ1n) is 8.69. The zero-order valence-electron chi connectivity index (χ0n) is 14.5. The number of carbonyl (C=O) groups excluding carboxylic acids is 2. The number of amides is 2. The Hall–Kier alpha value is -2.90. The lowest BCUT2D eigenvalue weighted by molar-refractivity contribution is -0.136. The molecule has 0 radical (unpaired) electrons. The predicted octanol–water partition coefficient (Wildman–Crippen LogP) is 1.91. The highest BCUT2D eigenvalue weighted by atomic mass is 16.5. The van der Waals surface area contributed by atoms with Gasteiger partial charge in [0, 0.05) is 25.4 Å². The predicted molar refractivity (Wildman–Crippen MR) is 91.8 cm³/mol. The standard InChI is InChI=1S/C18H20N4O4/c1-25-14-4-2-3-12-13(9-15(23)20-16(12)14)18(24)22-7-5-11(6-8-22)17-19-10-26-21-17/h2-4,10-11,13H,5-9H2,1H3,(H,20,23)/t13-/m0/s1. The Morgan fingerprint density at radius 1 is 1.35 bits per heavy atom. The fraction of sp³-hybridized carbons (Fsp3) is 0.444. The smallest absolute Gasteiger partial charge is 0.230 e. The molecule has 136 valence electrons. The molecule has 1 atom stereocenters. The van der Waals surface area contributed by atoms with Crippen LogP contribution in [0.5, 0.6) is 5.75 Å². The molecule has 8 nitrogen and oxygen atoms in total. The van der Waals surface area contributed by atoms with E-state index in [1.54, 1.807) is 13.2 Å². The van der Waals surface area contributed by atoms with Gasteiger partial charge in [0.2, 0.25) is 18.2 Å². The highest BCUT2D eigenvalue weighted by Crippen LogP contribution is 2.40. The third-order valence-corrected chi connectivity index (χ3v) is 5.16. The molecule has 0 bridgehead atoms. The van der Waals surface area contributed by atoms with Crippen molar-refractivity contribution in [1.82, 2.24) is 15.0 Å². The summed E-state index contributed by atoms with van der Waals surface area (Å²) in [5, 5.41) is 6.73. The van der Waals surface area contributed by atoms with E-state index in [4.69, 9.17) is 9.26 Å². The molecule has 1 saturated heterocycles. The Morgan fingerprint density at radius 2 is 2.15 bits per heavy atom. The summed E-state index contributed by atoms with van der Waals surface area (Å²) in [6.07, 6.45) is 3.06. The Labute approximate surface area is 150 Å². The van der Waals surface area contributed by atoms with E-state index in [0.717, 1.165) is 18.4 Å². The van der Waals surface area contributed by atoms with Crippen LogP contribution >= 0.6 is 0 Å². The Balaban J connectivity index is 1.52. The molecule has 1 N–H and O–H groups in total. The number of piperidine rings is 1. The molecule has 26 heavy (non-hydrogen) atoms. The number of carbonyl (C=O) groups is 2. The first kappa shape index (κ1) is 16.6. The van der Waals surface area contributed by atoms with E-state index in [9.17, 15) is 9.59 Å². The van der Waals surface area contributed by atoms with Crippen LogP contribution in [0.2, 0.25) is 0 Å². The second kappa shape index (κ2) is 6.78. The number of nitrogens with one attached hydrogen (secondary N) is 1. The summed E-state index contributed by atoms with van der Waals surface area (Å²) in [4.78, 5) is 31.2. The number of aromatic nitrogens is 2. The van der Waals surface area contributed by atoms with Crippen LogP contribution in [0.25, 0.3) is 0 Å². The minimum atomic E-state index is -0.476. The van der Waals surface area contributed by atoms with Crippen molar-refractivity contribution in [1.29, 1.82) is 0 Å².